The third kappa shape index (κ3) is 3.49. The Hall–Kier alpha value is -3.42. The lowest BCUT2D eigenvalue weighted by Crippen LogP contribution is -2.14. The molecule has 8 heteroatoms. The number of nitro groups is 1. The van der Waals surface area contributed by atoms with Gasteiger partial charge in [0, 0.05) is 17.0 Å². The van der Waals surface area contributed by atoms with Gasteiger partial charge in [0.05, 0.1) is 12.8 Å². The Labute approximate surface area is 149 Å². The van der Waals surface area contributed by atoms with E-state index in [2.05, 4.69) is 4.98 Å². The van der Waals surface area contributed by atoms with Crippen molar-refractivity contribution >= 4 is 11.6 Å². The van der Waals surface area contributed by atoms with E-state index in [0.717, 1.165) is 17.1 Å². The van der Waals surface area contributed by atoms with Gasteiger partial charge in [-0.1, -0.05) is 0 Å². The zero-order chi connectivity index (χ0) is 18.7. The average Bonchev–Trinajstić information content (AvgIpc) is 3.23. The summed E-state index contributed by atoms with van der Waals surface area (Å²) in [5, 5.41) is 11.0. The molecule has 134 valence electrons. The van der Waals surface area contributed by atoms with Crippen molar-refractivity contribution in [2.24, 2.45) is 0 Å². The second-order valence-electron chi connectivity index (χ2n) is 5.74. The number of Topliss-reactive ketones (excluding diaryl/α,β-unsaturated/α-hetero) is 1. The van der Waals surface area contributed by atoms with Gasteiger partial charge in [-0.15, -0.1) is 0 Å². The predicted molar refractivity (Wildman–Crippen MR) is 92.4 cm³/mol. The van der Waals surface area contributed by atoms with Gasteiger partial charge in [-0.05, 0) is 54.1 Å². The monoisotopic (exact) mass is 355 g/mol. The lowest BCUT2D eigenvalue weighted by atomic mass is 10.1. The number of pyridine rings is 1. The van der Waals surface area contributed by atoms with E-state index in [1.54, 1.807) is 12.3 Å². The van der Waals surface area contributed by atoms with Crippen molar-refractivity contribution in [3.8, 4) is 5.75 Å². The Morgan fingerprint density at radius 2 is 2.15 bits per heavy atom. The van der Waals surface area contributed by atoms with Gasteiger partial charge in [0.15, 0.2) is 6.61 Å². The van der Waals surface area contributed by atoms with Gasteiger partial charge in [-0.3, -0.25) is 4.79 Å². The number of carbonyl (C=O) groups is 1. The van der Waals surface area contributed by atoms with Crippen LogP contribution in [0.5, 0.6) is 5.75 Å². The molecule has 0 radical (unpaired) electrons. The highest BCUT2D eigenvalue weighted by Gasteiger charge is 2.20. The Morgan fingerprint density at radius 1 is 1.35 bits per heavy atom. The van der Waals surface area contributed by atoms with Crippen molar-refractivity contribution in [1.29, 1.82) is 0 Å². The fraction of sp³-hybridized carbons (Fsp3) is 0.222. The van der Waals surface area contributed by atoms with Gasteiger partial charge in [0.25, 0.3) is 0 Å². The van der Waals surface area contributed by atoms with Gasteiger partial charge >= 0.3 is 5.82 Å². The van der Waals surface area contributed by atoms with E-state index in [0.29, 0.717) is 12.1 Å². The van der Waals surface area contributed by atoms with Crippen LogP contribution < -0.4 is 4.74 Å². The predicted octanol–water partition coefficient (Wildman–Crippen LogP) is 3.31. The molecule has 3 aromatic heterocycles. The highest BCUT2D eigenvalue weighted by molar-refractivity contribution is 5.98. The number of nitrogens with zero attached hydrogens (tertiary/aromatic N) is 3. The third-order valence-electron chi connectivity index (χ3n) is 4.05. The quantitative estimate of drug-likeness (QED) is 0.366. The highest BCUT2D eigenvalue weighted by Crippen LogP contribution is 2.24. The zero-order valence-corrected chi connectivity index (χ0v) is 14.3. The Bertz CT molecular complexity index is 944. The fourth-order valence-electron chi connectivity index (χ4n) is 2.74. The number of hydrogen-bond acceptors (Lipinski definition) is 6. The minimum absolute atomic E-state index is 0.0322. The average molecular weight is 355 g/mol. The van der Waals surface area contributed by atoms with Crippen molar-refractivity contribution in [2.45, 2.75) is 20.4 Å². The first-order valence-electron chi connectivity index (χ1n) is 7.92. The Balaban J connectivity index is 1.76. The van der Waals surface area contributed by atoms with Gasteiger partial charge in [0.1, 0.15) is 12.0 Å². The molecule has 0 aliphatic carbocycles. The molecular formula is C18H17N3O5. The van der Waals surface area contributed by atoms with E-state index < -0.39 is 10.7 Å². The topological polar surface area (TPSA) is 100 Å². The number of hydrogen-bond donors (Lipinski definition) is 0. The van der Waals surface area contributed by atoms with Gasteiger partial charge in [-0.25, -0.2) is 0 Å². The summed E-state index contributed by atoms with van der Waals surface area (Å²) in [6, 6.07) is 8.39. The molecule has 0 aliphatic heterocycles. The van der Waals surface area contributed by atoms with Crippen LogP contribution >= 0.6 is 0 Å². The maximum absolute atomic E-state index is 12.5. The molecule has 3 rings (SSSR count). The number of rotatable bonds is 7. The molecule has 0 aliphatic rings. The molecule has 0 fully saturated rings. The molecule has 0 unspecified atom stereocenters. The molecule has 0 amide bonds. The molecule has 3 heterocycles. The number of aryl methyl sites for hydroxylation is 1. The lowest BCUT2D eigenvalue weighted by molar-refractivity contribution is -0.390. The molecule has 0 atom stereocenters. The van der Waals surface area contributed by atoms with Crippen LogP contribution in [-0.2, 0) is 6.54 Å². The first-order valence-corrected chi connectivity index (χ1v) is 7.92. The second-order valence-corrected chi connectivity index (χ2v) is 5.74. The molecule has 0 aromatic carbocycles. The van der Waals surface area contributed by atoms with Crippen molar-refractivity contribution in [1.82, 2.24) is 9.55 Å². The van der Waals surface area contributed by atoms with Crippen LogP contribution in [0.15, 0.2) is 47.2 Å². The Kier molecular flexibility index (Phi) is 4.83. The first kappa shape index (κ1) is 17.4. The molecular weight excluding hydrogens is 338 g/mol. The van der Waals surface area contributed by atoms with Crippen LogP contribution in [-0.4, -0.2) is 26.9 Å². The summed E-state index contributed by atoms with van der Waals surface area (Å²) >= 11 is 0. The van der Waals surface area contributed by atoms with Crippen molar-refractivity contribution in [3.63, 3.8) is 0 Å². The van der Waals surface area contributed by atoms with E-state index in [4.69, 9.17) is 9.15 Å². The molecule has 0 spiro atoms. The standard InChI is InChI=1S/C18H17N3O5/c1-12-9-15(13(2)20(12)10-14-5-4-8-25-14)16(22)11-26-17-6-3-7-19-18(17)21(23)24/h3-9H,10-11H2,1-2H3. The number of carbonyl (C=O) groups excluding carboxylic acids is 1. The molecule has 26 heavy (non-hydrogen) atoms. The van der Waals surface area contributed by atoms with E-state index in [1.165, 1.54) is 18.3 Å². The maximum Gasteiger partial charge on any atom is 0.406 e. The van der Waals surface area contributed by atoms with Crippen LogP contribution in [0.25, 0.3) is 0 Å². The summed E-state index contributed by atoms with van der Waals surface area (Å²) in [5.74, 6) is 0.0776. The number of ketones is 1. The van der Waals surface area contributed by atoms with Gasteiger partial charge in [-0.2, -0.15) is 0 Å². The molecule has 0 bridgehead atoms. The minimum atomic E-state index is -0.644. The third-order valence-corrected chi connectivity index (χ3v) is 4.05. The van der Waals surface area contributed by atoms with Crippen LogP contribution in [0.2, 0.25) is 0 Å². The summed E-state index contributed by atoms with van der Waals surface area (Å²) in [6.45, 7) is 3.96. The second kappa shape index (κ2) is 7.22. The van der Waals surface area contributed by atoms with Crippen molar-refractivity contribution < 1.29 is 18.9 Å². The fourth-order valence-corrected chi connectivity index (χ4v) is 2.74. The van der Waals surface area contributed by atoms with Crippen molar-refractivity contribution in [3.05, 3.63) is 75.6 Å². The molecule has 0 N–H and O–H groups in total. The van der Waals surface area contributed by atoms with E-state index >= 15 is 0 Å². The lowest BCUT2D eigenvalue weighted by Gasteiger charge is -2.08. The number of furan rings is 1. The largest absolute Gasteiger partial charge is 0.477 e. The highest BCUT2D eigenvalue weighted by atomic mass is 16.6. The number of ether oxygens (including phenoxy) is 1. The first-order chi connectivity index (χ1) is 12.5. The summed E-state index contributed by atoms with van der Waals surface area (Å²) in [7, 11) is 0. The van der Waals surface area contributed by atoms with Crippen LogP contribution in [0.4, 0.5) is 5.82 Å². The molecule has 8 nitrogen and oxygen atoms in total. The number of aromatic nitrogens is 2. The SMILES string of the molecule is Cc1cc(C(=O)COc2cccnc2[N+](=O)[O-])c(C)n1Cc1ccco1. The van der Waals surface area contributed by atoms with Crippen LogP contribution in [0, 0.1) is 24.0 Å². The molecule has 0 saturated heterocycles. The van der Waals surface area contributed by atoms with Gasteiger partial charge in [0.2, 0.25) is 11.5 Å². The maximum atomic E-state index is 12.5. The van der Waals surface area contributed by atoms with Crippen molar-refractivity contribution in [2.75, 3.05) is 6.61 Å². The zero-order valence-electron chi connectivity index (χ0n) is 14.3. The minimum Gasteiger partial charge on any atom is -0.477 e. The molecule has 3 aromatic rings. The summed E-state index contributed by atoms with van der Waals surface area (Å²) in [6.07, 6.45) is 2.90. The van der Waals surface area contributed by atoms with Gasteiger partial charge < -0.3 is 23.8 Å². The van der Waals surface area contributed by atoms with E-state index in [-0.39, 0.29) is 18.1 Å². The van der Waals surface area contributed by atoms with E-state index in [9.17, 15) is 14.9 Å². The smallest absolute Gasteiger partial charge is 0.406 e. The van der Waals surface area contributed by atoms with Crippen LogP contribution in [0.1, 0.15) is 27.5 Å². The summed E-state index contributed by atoms with van der Waals surface area (Å²) in [5.41, 5.74) is 2.21. The Morgan fingerprint density at radius 3 is 2.85 bits per heavy atom. The summed E-state index contributed by atoms with van der Waals surface area (Å²) < 4.78 is 12.7. The van der Waals surface area contributed by atoms with E-state index in [1.807, 2.05) is 30.5 Å². The normalized spacial score (nSPS) is 10.7. The summed E-state index contributed by atoms with van der Waals surface area (Å²) in [4.78, 5) is 26.5. The molecule has 0 saturated carbocycles. The van der Waals surface area contributed by atoms with Crippen LogP contribution in [0.3, 0.4) is 0 Å².